The van der Waals surface area contributed by atoms with Crippen molar-refractivity contribution in [1.82, 2.24) is 15.0 Å². The molecule has 0 aromatic carbocycles. The molecule has 49 heavy (non-hydrogen) atoms. The standard InChI is InChI=1S/C42H49N3O4/c1-41(2,3)48-39(46)37-35-25-15-11-23(12-16-25)33(35)29(44-37)19-27-31-21-7-9-22(10-8-21)32(31)28(43-27)20-30-34-24-13-17-26(18-14-24)36(34)38(45-30)40(47)49-42(4,5)6/h7,9,11,13,15,17,21-26,43-45H,8,10,12,14,16,18-20H2,1-6H3. The van der Waals surface area contributed by atoms with E-state index in [-0.39, 0.29) is 23.8 Å². The number of carbonyl (C=O) groups excluding carboxylic acids is 2. The highest BCUT2D eigenvalue weighted by Crippen LogP contribution is 2.53. The van der Waals surface area contributed by atoms with Gasteiger partial charge in [-0.05, 0) is 113 Å². The van der Waals surface area contributed by atoms with Crippen LogP contribution in [0.25, 0.3) is 0 Å². The Kier molecular flexibility index (Phi) is 6.80. The fraction of sp³-hybridized carbons (Fsp3) is 0.524. The van der Waals surface area contributed by atoms with Crippen LogP contribution in [0.3, 0.4) is 0 Å². The molecular weight excluding hydrogens is 610 g/mol. The summed E-state index contributed by atoms with van der Waals surface area (Å²) in [5.41, 5.74) is 12.8. The molecule has 0 aliphatic heterocycles. The quantitative estimate of drug-likeness (QED) is 0.181. The summed E-state index contributed by atoms with van der Waals surface area (Å²) < 4.78 is 11.8. The second-order valence-electron chi connectivity index (χ2n) is 17.4. The number of H-pyrrole nitrogens is 3. The van der Waals surface area contributed by atoms with Crippen LogP contribution in [-0.4, -0.2) is 38.1 Å². The number of fused-ring (bicyclic) bond motifs is 3. The summed E-state index contributed by atoms with van der Waals surface area (Å²) in [5, 5.41) is 0. The number of esters is 2. The smallest absolute Gasteiger partial charge is 0.355 e. The minimum absolute atomic E-state index is 0.252. The van der Waals surface area contributed by atoms with E-state index >= 15 is 0 Å². The summed E-state index contributed by atoms with van der Waals surface area (Å²) in [6.45, 7) is 11.6. The zero-order chi connectivity index (χ0) is 34.0. The minimum atomic E-state index is -0.562. The van der Waals surface area contributed by atoms with Gasteiger partial charge in [0.15, 0.2) is 0 Å². The predicted octanol–water partition coefficient (Wildman–Crippen LogP) is 9.36. The molecule has 12 rings (SSSR count). The van der Waals surface area contributed by atoms with Crippen LogP contribution in [0.1, 0.15) is 193 Å². The zero-order valence-electron chi connectivity index (χ0n) is 29.7. The Bertz CT molecular complexity index is 1840. The molecular formula is C42H49N3O4. The third-order valence-electron chi connectivity index (χ3n) is 11.8. The highest BCUT2D eigenvalue weighted by atomic mass is 16.6. The van der Waals surface area contributed by atoms with Crippen molar-refractivity contribution in [2.45, 2.75) is 140 Å². The molecule has 0 saturated heterocycles. The highest BCUT2D eigenvalue weighted by molar-refractivity contribution is 5.92. The first-order valence-corrected chi connectivity index (χ1v) is 18.6. The lowest BCUT2D eigenvalue weighted by molar-refractivity contribution is 0.00493. The van der Waals surface area contributed by atoms with E-state index in [1.165, 1.54) is 33.6 Å². The minimum Gasteiger partial charge on any atom is -0.455 e. The van der Waals surface area contributed by atoms with Crippen molar-refractivity contribution in [3.8, 4) is 0 Å². The van der Waals surface area contributed by atoms with Crippen LogP contribution in [0.2, 0.25) is 0 Å². The monoisotopic (exact) mass is 659 g/mol. The largest absolute Gasteiger partial charge is 0.455 e. The number of rotatable bonds is 6. The Morgan fingerprint density at radius 1 is 0.490 bits per heavy atom. The molecule has 6 atom stereocenters. The number of hydrogen-bond donors (Lipinski definition) is 3. The lowest BCUT2D eigenvalue weighted by atomic mass is 9.70. The number of aromatic amines is 3. The Morgan fingerprint density at radius 2 is 0.755 bits per heavy atom. The van der Waals surface area contributed by atoms with Gasteiger partial charge in [-0.2, -0.15) is 0 Å². The predicted molar refractivity (Wildman–Crippen MR) is 190 cm³/mol. The highest BCUT2D eigenvalue weighted by Gasteiger charge is 2.42. The molecule has 3 aromatic heterocycles. The number of aromatic nitrogens is 3. The van der Waals surface area contributed by atoms with Crippen molar-refractivity contribution < 1.29 is 19.1 Å². The van der Waals surface area contributed by atoms with Gasteiger partial charge in [0.1, 0.15) is 22.6 Å². The lowest BCUT2D eigenvalue weighted by Crippen LogP contribution is -2.26. The molecule has 7 heteroatoms. The van der Waals surface area contributed by atoms with Crippen LogP contribution >= 0.6 is 0 Å². The normalized spacial score (nSPS) is 27.0. The summed E-state index contributed by atoms with van der Waals surface area (Å²) in [4.78, 5) is 38.5. The van der Waals surface area contributed by atoms with E-state index in [1.807, 2.05) is 41.5 Å². The van der Waals surface area contributed by atoms with Crippen LogP contribution in [0, 0.1) is 0 Å². The zero-order valence-corrected chi connectivity index (χ0v) is 29.7. The maximum Gasteiger partial charge on any atom is 0.355 e. The van der Waals surface area contributed by atoms with Crippen LogP contribution in [0.15, 0.2) is 36.5 Å². The van der Waals surface area contributed by atoms with Gasteiger partial charge in [-0.3, -0.25) is 0 Å². The van der Waals surface area contributed by atoms with Crippen molar-refractivity contribution in [1.29, 1.82) is 0 Å². The first kappa shape index (κ1) is 31.0. The maximum atomic E-state index is 13.6. The topological polar surface area (TPSA) is 100.0 Å². The molecule has 9 aliphatic rings. The first-order chi connectivity index (χ1) is 23.3. The molecule has 3 aromatic rings. The SMILES string of the molecule is CC(C)(C)OC(=O)c1[nH]c(Cc2[nH]c(Cc3[nH]c(C(=O)OC(C)(C)C)c4c3C3C=CC4CC3)c3c2C2C=CC3CC2)c2c1C1C=CC2CC1. The van der Waals surface area contributed by atoms with E-state index in [2.05, 4.69) is 51.4 Å². The number of nitrogens with one attached hydrogen (secondary N) is 3. The second-order valence-corrected chi connectivity index (χ2v) is 17.4. The Labute approximate surface area is 289 Å². The van der Waals surface area contributed by atoms with Gasteiger partial charge >= 0.3 is 11.9 Å². The van der Waals surface area contributed by atoms with E-state index < -0.39 is 11.2 Å². The number of ether oxygens (including phenoxy) is 2. The molecule has 3 N–H and O–H groups in total. The van der Waals surface area contributed by atoms with Crippen LogP contribution in [0.4, 0.5) is 0 Å². The molecule has 7 nitrogen and oxygen atoms in total. The van der Waals surface area contributed by atoms with Crippen molar-refractivity contribution in [3.63, 3.8) is 0 Å². The Morgan fingerprint density at radius 3 is 1.04 bits per heavy atom. The van der Waals surface area contributed by atoms with Gasteiger partial charge < -0.3 is 24.4 Å². The molecule has 0 amide bonds. The van der Waals surface area contributed by atoms with Gasteiger partial charge in [0.2, 0.25) is 0 Å². The number of hydrogen-bond acceptors (Lipinski definition) is 4. The molecule has 9 aliphatic carbocycles. The Balaban J connectivity index is 1.12. The van der Waals surface area contributed by atoms with Gasteiger partial charge in [-0.25, -0.2) is 9.59 Å². The molecule has 256 valence electrons. The molecule has 0 saturated carbocycles. The maximum absolute atomic E-state index is 13.6. The summed E-state index contributed by atoms with van der Waals surface area (Å²) >= 11 is 0. The van der Waals surface area contributed by atoms with E-state index in [4.69, 9.17) is 9.47 Å². The van der Waals surface area contributed by atoms with Gasteiger partial charge in [-0.15, -0.1) is 0 Å². The molecule has 6 unspecified atom stereocenters. The van der Waals surface area contributed by atoms with E-state index in [1.54, 1.807) is 0 Å². The molecule has 0 fully saturated rings. The van der Waals surface area contributed by atoms with Crippen molar-refractivity contribution in [2.75, 3.05) is 0 Å². The average molecular weight is 660 g/mol. The van der Waals surface area contributed by atoms with E-state index in [9.17, 15) is 9.59 Å². The number of carbonyl (C=O) groups is 2. The Hall–Kier alpha value is -4.00. The van der Waals surface area contributed by atoms with Crippen LogP contribution in [-0.2, 0) is 22.3 Å². The van der Waals surface area contributed by atoms with Gasteiger partial charge in [-0.1, -0.05) is 36.5 Å². The van der Waals surface area contributed by atoms with Crippen LogP contribution < -0.4 is 0 Å². The molecule has 6 bridgehead atoms. The van der Waals surface area contributed by atoms with E-state index in [0.29, 0.717) is 35.1 Å². The summed E-state index contributed by atoms with van der Waals surface area (Å²) in [5.74, 6) is 1.42. The molecule has 3 heterocycles. The van der Waals surface area contributed by atoms with Gasteiger partial charge in [0.25, 0.3) is 0 Å². The van der Waals surface area contributed by atoms with Crippen LogP contribution in [0.5, 0.6) is 0 Å². The van der Waals surface area contributed by atoms with Gasteiger partial charge in [0.05, 0.1) is 0 Å². The summed E-state index contributed by atoms with van der Waals surface area (Å²) in [7, 11) is 0. The fourth-order valence-corrected chi connectivity index (χ4v) is 10.1. The lowest BCUT2D eigenvalue weighted by Gasteiger charge is -2.34. The third-order valence-corrected chi connectivity index (χ3v) is 11.8. The van der Waals surface area contributed by atoms with Crippen molar-refractivity contribution in [3.05, 3.63) is 104 Å². The van der Waals surface area contributed by atoms with Crippen molar-refractivity contribution in [2.24, 2.45) is 0 Å². The van der Waals surface area contributed by atoms with Crippen molar-refractivity contribution >= 4 is 11.9 Å². The molecule has 0 radical (unpaired) electrons. The van der Waals surface area contributed by atoms with E-state index in [0.717, 1.165) is 73.9 Å². The average Bonchev–Trinajstić information content (AvgIpc) is 3.77. The second kappa shape index (κ2) is 10.7. The third kappa shape index (κ3) is 5.05. The summed E-state index contributed by atoms with van der Waals surface area (Å²) in [6, 6.07) is 0. The molecule has 0 spiro atoms. The van der Waals surface area contributed by atoms with Gasteiger partial charge in [0, 0.05) is 71.1 Å². The first-order valence-electron chi connectivity index (χ1n) is 18.6. The number of allylic oxidation sites excluding steroid dienone is 6. The summed E-state index contributed by atoms with van der Waals surface area (Å²) in [6.07, 6.45) is 22.3. The fourth-order valence-electron chi connectivity index (χ4n) is 10.1.